The monoisotopic (exact) mass is 272 g/mol. The van der Waals surface area contributed by atoms with E-state index < -0.39 is 30.4 Å². The molecule has 1 aliphatic carbocycles. The Hall–Kier alpha value is -1.14. The number of hydrogen-bond donors (Lipinski definition) is 0. The first-order valence-corrected chi connectivity index (χ1v) is 6.64. The molecule has 2 atom stereocenters. The zero-order valence-electron chi connectivity index (χ0n) is 11.3. The van der Waals surface area contributed by atoms with Gasteiger partial charge in [0.2, 0.25) is 0 Å². The number of hydrogen-bond acceptors (Lipinski definition) is 6. The SMILES string of the molecule is COC(=O)C1OC(C2CCCCC2)OC1C(=O)OC. The van der Waals surface area contributed by atoms with Crippen LogP contribution < -0.4 is 0 Å². The molecule has 2 unspecified atom stereocenters. The highest BCUT2D eigenvalue weighted by molar-refractivity contribution is 5.86. The molecule has 2 rings (SSSR count). The summed E-state index contributed by atoms with van der Waals surface area (Å²) in [7, 11) is 2.52. The van der Waals surface area contributed by atoms with E-state index in [1.165, 1.54) is 20.6 Å². The molecule has 0 N–H and O–H groups in total. The Bertz CT molecular complexity index is 312. The Morgan fingerprint density at radius 1 is 0.895 bits per heavy atom. The smallest absolute Gasteiger partial charge is 0.338 e. The molecule has 0 aromatic carbocycles. The van der Waals surface area contributed by atoms with Crippen LogP contribution in [0, 0.1) is 5.92 Å². The van der Waals surface area contributed by atoms with Crippen LogP contribution in [0.3, 0.4) is 0 Å². The maximum Gasteiger partial charge on any atom is 0.338 e. The van der Waals surface area contributed by atoms with Gasteiger partial charge in [-0.25, -0.2) is 9.59 Å². The fraction of sp³-hybridized carbons (Fsp3) is 0.846. The van der Waals surface area contributed by atoms with Crippen molar-refractivity contribution in [3.05, 3.63) is 0 Å². The number of carbonyl (C=O) groups is 2. The number of methoxy groups -OCH3 is 2. The third kappa shape index (κ3) is 3.06. The minimum absolute atomic E-state index is 0.232. The summed E-state index contributed by atoms with van der Waals surface area (Å²) in [6.07, 6.45) is 2.88. The molecule has 2 aliphatic rings. The number of ether oxygens (including phenoxy) is 4. The van der Waals surface area contributed by atoms with E-state index in [1.54, 1.807) is 0 Å². The highest BCUT2D eigenvalue weighted by Crippen LogP contribution is 2.34. The van der Waals surface area contributed by atoms with Gasteiger partial charge in [-0.2, -0.15) is 0 Å². The van der Waals surface area contributed by atoms with Crippen molar-refractivity contribution >= 4 is 11.9 Å². The molecular weight excluding hydrogens is 252 g/mol. The first-order valence-electron chi connectivity index (χ1n) is 6.64. The summed E-state index contributed by atoms with van der Waals surface area (Å²) in [4.78, 5) is 23.3. The van der Waals surface area contributed by atoms with Crippen LogP contribution in [0.2, 0.25) is 0 Å². The Morgan fingerprint density at radius 3 is 1.79 bits per heavy atom. The van der Waals surface area contributed by atoms with Crippen molar-refractivity contribution in [1.29, 1.82) is 0 Å². The summed E-state index contributed by atoms with van der Waals surface area (Å²) in [5.74, 6) is -0.974. The van der Waals surface area contributed by atoms with Crippen LogP contribution in [0.5, 0.6) is 0 Å². The van der Waals surface area contributed by atoms with Crippen LogP contribution in [-0.2, 0) is 28.5 Å². The Labute approximate surface area is 112 Å². The molecular formula is C13H20O6. The van der Waals surface area contributed by atoms with Gasteiger partial charge in [0.25, 0.3) is 0 Å². The van der Waals surface area contributed by atoms with Crippen LogP contribution in [-0.4, -0.2) is 44.7 Å². The number of carbonyl (C=O) groups excluding carboxylic acids is 2. The van der Waals surface area contributed by atoms with E-state index in [2.05, 4.69) is 9.47 Å². The molecule has 0 aromatic rings. The highest BCUT2D eigenvalue weighted by atomic mass is 16.8. The lowest BCUT2D eigenvalue weighted by Gasteiger charge is -2.25. The van der Waals surface area contributed by atoms with Gasteiger partial charge in [0.05, 0.1) is 14.2 Å². The predicted octanol–water partition coefficient (Wildman–Crippen LogP) is 1.02. The van der Waals surface area contributed by atoms with Crippen LogP contribution in [0.4, 0.5) is 0 Å². The maximum absolute atomic E-state index is 11.6. The van der Waals surface area contributed by atoms with E-state index in [0.717, 1.165) is 25.7 Å². The van der Waals surface area contributed by atoms with Gasteiger partial charge in [0.15, 0.2) is 18.5 Å². The van der Waals surface area contributed by atoms with E-state index in [0.29, 0.717) is 0 Å². The topological polar surface area (TPSA) is 71.1 Å². The van der Waals surface area contributed by atoms with Gasteiger partial charge in [-0.05, 0) is 12.8 Å². The number of rotatable bonds is 3. The van der Waals surface area contributed by atoms with Gasteiger partial charge in [-0.3, -0.25) is 0 Å². The van der Waals surface area contributed by atoms with Crippen LogP contribution in [0.1, 0.15) is 32.1 Å². The van der Waals surface area contributed by atoms with Crippen molar-refractivity contribution in [2.75, 3.05) is 14.2 Å². The summed E-state index contributed by atoms with van der Waals surface area (Å²) < 4.78 is 20.5. The van der Waals surface area contributed by atoms with E-state index in [1.807, 2.05) is 0 Å². The summed E-state index contributed by atoms with van der Waals surface area (Å²) in [5.41, 5.74) is 0. The fourth-order valence-corrected chi connectivity index (χ4v) is 2.68. The van der Waals surface area contributed by atoms with Gasteiger partial charge in [-0.1, -0.05) is 19.3 Å². The third-order valence-electron chi connectivity index (χ3n) is 3.74. The maximum atomic E-state index is 11.6. The fourth-order valence-electron chi connectivity index (χ4n) is 2.68. The van der Waals surface area contributed by atoms with Gasteiger partial charge in [-0.15, -0.1) is 0 Å². The van der Waals surface area contributed by atoms with Gasteiger partial charge in [0.1, 0.15) is 0 Å². The van der Waals surface area contributed by atoms with Crippen molar-refractivity contribution in [3.63, 3.8) is 0 Å². The molecule has 0 bridgehead atoms. The van der Waals surface area contributed by atoms with Gasteiger partial charge < -0.3 is 18.9 Å². The summed E-state index contributed by atoms with van der Waals surface area (Å²) in [6.45, 7) is 0. The van der Waals surface area contributed by atoms with Gasteiger partial charge in [0, 0.05) is 5.92 Å². The van der Waals surface area contributed by atoms with E-state index >= 15 is 0 Å². The van der Waals surface area contributed by atoms with Crippen molar-refractivity contribution in [1.82, 2.24) is 0 Å². The first kappa shape index (κ1) is 14.3. The molecule has 19 heavy (non-hydrogen) atoms. The molecule has 1 saturated heterocycles. The molecule has 0 aromatic heterocycles. The third-order valence-corrected chi connectivity index (χ3v) is 3.74. The molecule has 1 heterocycles. The average Bonchev–Trinajstić information content (AvgIpc) is 2.91. The summed E-state index contributed by atoms with van der Waals surface area (Å²) >= 11 is 0. The van der Waals surface area contributed by atoms with Crippen LogP contribution in [0.25, 0.3) is 0 Å². The normalized spacial score (nSPS) is 32.0. The van der Waals surface area contributed by atoms with E-state index in [-0.39, 0.29) is 5.92 Å². The second-order valence-corrected chi connectivity index (χ2v) is 4.93. The molecule has 1 saturated carbocycles. The zero-order chi connectivity index (χ0) is 13.8. The molecule has 108 valence electrons. The summed E-state index contributed by atoms with van der Waals surface area (Å²) in [6, 6.07) is 0. The predicted molar refractivity (Wildman–Crippen MR) is 64.1 cm³/mol. The Kier molecular flexibility index (Phi) is 4.76. The second-order valence-electron chi connectivity index (χ2n) is 4.93. The Morgan fingerprint density at radius 2 is 1.37 bits per heavy atom. The van der Waals surface area contributed by atoms with E-state index in [9.17, 15) is 9.59 Å². The molecule has 0 amide bonds. The zero-order valence-corrected chi connectivity index (χ0v) is 11.3. The summed E-state index contributed by atoms with van der Waals surface area (Å²) in [5, 5.41) is 0. The molecule has 0 radical (unpaired) electrons. The average molecular weight is 272 g/mol. The van der Waals surface area contributed by atoms with Crippen molar-refractivity contribution in [3.8, 4) is 0 Å². The second kappa shape index (κ2) is 6.34. The minimum atomic E-state index is -1.02. The largest absolute Gasteiger partial charge is 0.467 e. The number of esters is 2. The van der Waals surface area contributed by atoms with E-state index in [4.69, 9.17) is 9.47 Å². The molecule has 1 aliphatic heterocycles. The first-order chi connectivity index (χ1) is 9.17. The molecule has 2 fully saturated rings. The lowest BCUT2D eigenvalue weighted by Crippen LogP contribution is -2.38. The molecule has 6 nitrogen and oxygen atoms in total. The lowest BCUT2D eigenvalue weighted by atomic mass is 9.89. The minimum Gasteiger partial charge on any atom is -0.467 e. The van der Waals surface area contributed by atoms with Crippen LogP contribution >= 0.6 is 0 Å². The van der Waals surface area contributed by atoms with Crippen molar-refractivity contribution < 1.29 is 28.5 Å². The highest BCUT2D eigenvalue weighted by Gasteiger charge is 2.48. The molecule has 0 spiro atoms. The van der Waals surface area contributed by atoms with Gasteiger partial charge >= 0.3 is 11.9 Å². The molecule has 6 heteroatoms. The van der Waals surface area contributed by atoms with Crippen molar-refractivity contribution in [2.45, 2.75) is 50.6 Å². The van der Waals surface area contributed by atoms with Crippen LogP contribution in [0.15, 0.2) is 0 Å². The lowest BCUT2D eigenvalue weighted by molar-refractivity contribution is -0.160. The van der Waals surface area contributed by atoms with Crippen molar-refractivity contribution in [2.24, 2.45) is 5.92 Å². The quantitative estimate of drug-likeness (QED) is 0.714. The standard InChI is InChI=1S/C13H20O6/c1-16-11(14)9-10(12(15)17-2)19-13(18-9)8-6-4-3-5-7-8/h8-10,13H,3-7H2,1-2H3. The Balaban J connectivity index is 2.05.